The van der Waals surface area contributed by atoms with Gasteiger partial charge in [0.15, 0.2) is 5.78 Å². The lowest BCUT2D eigenvalue weighted by Crippen LogP contribution is -2.34. The van der Waals surface area contributed by atoms with E-state index in [1.807, 2.05) is 57.2 Å². The fourth-order valence-electron chi connectivity index (χ4n) is 9.00. The molecule has 3 aromatic carbocycles. The zero-order valence-electron chi connectivity index (χ0n) is 39.1. The molecule has 2 atom stereocenters. The number of benzene rings is 3. The zero-order valence-corrected chi connectivity index (χ0v) is 39.1. The number of hydrogen-bond donors (Lipinski definition) is 2. The quantitative estimate of drug-likeness (QED) is 0.0567. The van der Waals surface area contributed by atoms with Crippen molar-refractivity contribution in [1.82, 2.24) is 0 Å². The van der Waals surface area contributed by atoms with Gasteiger partial charge in [-0.05, 0) is 93.0 Å². The van der Waals surface area contributed by atoms with Gasteiger partial charge in [0.25, 0.3) is 0 Å². The average Bonchev–Trinajstić information content (AvgIpc) is 3.32. The maximum absolute atomic E-state index is 13.4. The number of nitrogens with zero attached hydrogens (tertiary/aromatic N) is 2. The van der Waals surface area contributed by atoms with E-state index >= 15 is 0 Å². The largest absolute Gasteiger partial charge is 0.478 e. The molecular weight excluding hydrogens is 847 g/mol. The summed E-state index contributed by atoms with van der Waals surface area (Å²) >= 11 is 0. The number of amides is 1. The Morgan fingerprint density at radius 3 is 2.33 bits per heavy atom. The lowest BCUT2D eigenvalue weighted by atomic mass is 9.73. The smallest absolute Gasteiger partial charge is 0.336 e. The van der Waals surface area contributed by atoms with Gasteiger partial charge in [-0.25, -0.2) is 4.79 Å². The van der Waals surface area contributed by atoms with Crippen LogP contribution in [0.2, 0.25) is 0 Å². The molecule has 0 fully saturated rings. The van der Waals surface area contributed by atoms with Crippen LogP contribution in [0.3, 0.4) is 0 Å². The van der Waals surface area contributed by atoms with Gasteiger partial charge in [-0.15, -0.1) is 0 Å². The van der Waals surface area contributed by atoms with Gasteiger partial charge in [0.05, 0.1) is 49.9 Å². The van der Waals surface area contributed by atoms with Crippen LogP contribution in [-0.4, -0.2) is 94.0 Å². The molecule has 0 saturated carbocycles. The minimum atomic E-state index is -1.10. The SMILES string of the molecule is CCNc1cc2c(cc1C)C(c1ccc(C(=O)CCCOCCOCCOCCCC(=O)CCC(=O)N3CC4=CCCC=C4C#Cc4ccccc43)cc1C(=O)O)C1C=C(C)C(=NC)C=C1O2. The number of carboxylic acid groups (broad SMARTS) is 1. The van der Waals surface area contributed by atoms with Gasteiger partial charge in [0.1, 0.15) is 17.3 Å². The second-order valence-electron chi connectivity index (χ2n) is 17.1. The Bertz CT molecular complexity index is 2590. The molecule has 12 heteroatoms. The van der Waals surface area contributed by atoms with E-state index in [4.69, 9.17) is 18.9 Å². The van der Waals surface area contributed by atoms with Gasteiger partial charge in [0, 0.05) is 104 Å². The molecule has 2 aliphatic heterocycles. The predicted octanol–water partition coefficient (Wildman–Crippen LogP) is 9.37. The lowest BCUT2D eigenvalue weighted by molar-refractivity contribution is -0.124. The van der Waals surface area contributed by atoms with Crippen LogP contribution in [0.1, 0.15) is 114 Å². The van der Waals surface area contributed by atoms with Gasteiger partial charge < -0.3 is 34.3 Å². The minimum absolute atomic E-state index is 0.0313. The number of allylic oxidation sites excluding steroid dienone is 5. The van der Waals surface area contributed by atoms with Crippen molar-refractivity contribution in [3.8, 4) is 17.6 Å². The van der Waals surface area contributed by atoms with Crippen LogP contribution < -0.4 is 15.0 Å². The van der Waals surface area contributed by atoms with Crippen LogP contribution in [-0.2, 0) is 23.8 Å². The summed E-state index contributed by atoms with van der Waals surface area (Å²) < 4.78 is 23.5. The molecule has 67 heavy (non-hydrogen) atoms. The first-order chi connectivity index (χ1) is 32.6. The van der Waals surface area contributed by atoms with Crippen LogP contribution in [0, 0.1) is 24.7 Å². The van der Waals surface area contributed by atoms with E-state index in [1.165, 1.54) is 6.07 Å². The Morgan fingerprint density at radius 2 is 1.58 bits per heavy atom. The number of carbonyl (C=O) groups is 4. The van der Waals surface area contributed by atoms with Crippen LogP contribution in [0.15, 0.2) is 106 Å². The predicted molar refractivity (Wildman–Crippen MR) is 260 cm³/mol. The van der Waals surface area contributed by atoms with Crippen LogP contribution in [0.4, 0.5) is 11.4 Å². The van der Waals surface area contributed by atoms with Crippen molar-refractivity contribution in [3.63, 3.8) is 0 Å². The number of aliphatic imine (C=N–C) groups is 1. The minimum Gasteiger partial charge on any atom is -0.478 e. The summed E-state index contributed by atoms with van der Waals surface area (Å²) in [6, 6.07) is 16.7. The van der Waals surface area contributed by atoms with Crippen molar-refractivity contribution in [2.24, 2.45) is 10.9 Å². The number of nitrogens with one attached hydrogen (secondary N) is 1. The number of anilines is 2. The van der Waals surface area contributed by atoms with E-state index in [0.717, 1.165) is 69.9 Å². The summed E-state index contributed by atoms with van der Waals surface area (Å²) in [5, 5.41) is 13.9. The number of Topliss-reactive ketones (excluding diaryl/α,β-unsaturated/α-hetero) is 2. The molecule has 0 aromatic heterocycles. The van der Waals surface area contributed by atoms with Crippen molar-refractivity contribution >= 4 is 40.5 Å². The molecule has 2 N–H and O–H groups in total. The van der Waals surface area contributed by atoms with E-state index in [0.29, 0.717) is 88.1 Å². The molecular formula is C55H61N3O9. The van der Waals surface area contributed by atoms with E-state index in [1.54, 1.807) is 24.1 Å². The van der Waals surface area contributed by atoms with Crippen molar-refractivity contribution < 1.29 is 43.2 Å². The van der Waals surface area contributed by atoms with E-state index in [2.05, 4.69) is 46.4 Å². The third-order valence-electron chi connectivity index (χ3n) is 12.5. The van der Waals surface area contributed by atoms with Crippen molar-refractivity contribution in [3.05, 3.63) is 135 Å². The number of aromatic carboxylic acids is 1. The van der Waals surface area contributed by atoms with Crippen molar-refractivity contribution in [1.29, 1.82) is 0 Å². The molecule has 0 radical (unpaired) electrons. The fourth-order valence-corrected chi connectivity index (χ4v) is 9.00. The Hall–Kier alpha value is -6.39. The molecule has 350 valence electrons. The number of ether oxygens (including phenoxy) is 4. The molecule has 0 saturated heterocycles. The molecule has 1 amide bonds. The zero-order chi connectivity index (χ0) is 47.3. The third kappa shape index (κ3) is 12.1. The second-order valence-corrected chi connectivity index (χ2v) is 17.1. The number of carboxylic acids is 1. The second kappa shape index (κ2) is 23.4. The maximum Gasteiger partial charge on any atom is 0.336 e. The average molecular weight is 908 g/mol. The number of aryl methyl sites for hydroxylation is 1. The topological polar surface area (TPSA) is 153 Å². The molecule has 7 rings (SSSR count). The van der Waals surface area contributed by atoms with Crippen LogP contribution >= 0.6 is 0 Å². The summed E-state index contributed by atoms with van der Waals surface area (Å²) in [4.78, 5) is 58.5. The lowest BCUT2D eigenvalue weighted by Gasteiger charge is -2.37. The molecule has 2 aliphatic carbocycles. The van der Waals surface area contributed by atoms with Gasteiger partial charge >= 0.3 is 5.97 Å². The third-order valence-corrected chi connectivity index (χ3v) is 12.5. The molecule has 2 unspecified atom stereocenters. The first-order valence-corrected chi connectivity index (χ1v) is 23.5. The Kier molecular flexibility index (Phi) is 16.9. The Balaban J connectivity index is 0.794. The number of para-hydroxylation sites is 1. The highest BCUT2D eigenvalue weighted by atomic mass is 16.5. The van der Waals surface area contributed by atoms with Crippen LogP contribution in [0.5, 0.6) is 5.75 Å². The van der Waals surface area contributed by atoms with E-state index in [9.17, 15) is 24.3 Å². The first-order valence-electron chi connectivity index (χ1n) is 23.5. The van der Waals surface area contributed by atoms with Gasteiger partial charge in [-0.2, -0.15) is 0 Å². The fraction of sp³-hybridized carbons (Fsp3) is 0.400. The van der Waals surface area contributed by atoms with Crippen LogP contribution in [0.25, 0.3) is 0 Å². The monoisotopic (exact) mass is 907 g/mol. The van der Waals surface area contributed by atoms with E-state index in [-0.39, 0.29) is 54.1 Å². The van der Waals surface area contributed by atoms with Gasteiger partial charge in [-0.1, -0.05) is 54.3 Å². The van der Waals surface area contributed by atoms with Gasteiger partial charge in [0.2, 0.25) is 5.91 Å². The van der Waals surface area contributed by atoms with E-state index < -0.39 is 5.97 Å². The Morgan fingerprint density at radius 1 is 0.851 bits per heavy atom. The van der Waals surface area contributed by atoms with Crippen molar-refractivity contribution in [2.75, 3.05) is 70.0 Å². The highest BCUT2D eigenvalue weighted by Gasteiger charge is 2.39. The summed E-state index contributed by atoms with van der Waals surface area (Å²) in [6.45, 7) is 9.47. The number of hydrogen-bond acceptors (Lipinski definition) is 10. The summed E-state index contributed by atoms with van der Waals surface area (Å²) in [7, 11) is 1.74. The molecule has 4 aliphatic rings. The molecule has 12 nitrogen and oxygen atoms in total. The number of fused-ring (bicyclic) bond motifs is 4. The number of carbonyl (C=O) groups excluding carboxylic acids is 3. The van der Waals surface area contributed by atoms with Crippen molar-refractivity contribution in [2.45, 2.75) is 78.1 Å². The maximum atomic E-state index is 13.4. The summed E-state index contributed by atoms with van der Waals surface area (Å²) in [5.41, 5.74) is 9.32. The Labute approximate surface area is 393 Å². The molecule has 2 heterocycles. The van der Waals surface area contributed by atoms with Gasteiger partial charge in [-0.3, -0.25) is 19.4 Å². The molecule has 0 bridgehead atoms. The molecule has 0 spiro atoms. The normalized spacial score (nSPS) is 17.6. The summed E-state index contributed by atoms with van der Waals surface area (Å²) in [6.07, 6.45) is 12.1. The highest BCUT2D eigenvalue weighted by Crippen LogP contribution is 2.50. The first kappa shape index (κ1) is 48.5. The molecule has 3 aromatic rings. The standard InChI is InChI=1S/C55H61N3O9/c1-5-57-48-34-52-46(31-37(48)3)54(45-30-36(2)47(56-4)33-51(45)67-52)43-22-20-40(32-44(43)55(62)63)50(60)17-11-25-65-27-29-66-28-26-64-24-10-15-42(59)21-23-53(61)58-35-41-14-7-6-12-38(41)18-19-39-13-8-9-16-49(39)58/h8-9,12-14,16,20,22,30-34,45,54,57H,5-7,10-11,15,17,21,23-29,35H2,1-4H3,(H,62,63). The summed E-state index contributed by atoms with van der Waals surface area (Å²) in [5.74, 6) is 5.93. The number of ketones is 2. The number of rotatable bonds is 22. The highest BCUT2D eigenvalue weighted by molar-refractivity contribution is 6.09.